The third kappa shape index (κ3) is 4.37. The molecule has 1 saturated heterocycles. The van der Waals surface area contributed by atoms with Crippen molar-refractivity contribution in [2.45, 2.75) is 17.4 Å². The van der Waals surface area contributed by atoms with Crippen molar-refractivity contribution in [3.8, 4) is 0 Å². The highest BCUT2D eigenvalue weighted by Crippen LogP contribution is 2.28. The molecule has 1 aliphatic rings. The van der Waals surface area contributed by atoms with E-state index >= 15 is 0 Å². The van der Waals surface area contributed by atoms with Crippen molar-refractivity contribution < 1.29 is 13.2 Å². The number of amides is 1. The summed E-state index contributed by atoms with van der Waals surface area (Å²) in [4.78, 5) is 14.6. The van der Waals surface area contributed by atoms with Gasteiger partial charge in [-0.3, -0.25) is 4.79 Å². The molecule has 1 heterocycles. The summed E-state index contributed by atoms with van der Waals surface area (Å²) >= 11 is 4.73. The highest BCUT2D eigenvalue weighted by molar-refractivity contribution is 9.10. The molecular weight excluding hydrogens is 376 g/mol. The first-order valence-electron chi connectivity index (χ1n) is 6.42. The summed E-state index contributed by atoms with van der Waals surface area (Å²) in [5, 5.41) is 0. The van der Waals surface area contributed by atoms with Crippen LogP contribution in [-0.4, -0.2) is 49.6 Å². The molecule has 0 spiro atoms. The van der Waals surface area contributed by atoms with Gasteiger partial charge in [0.05, 0.1) is 17.3 Å². The van der Waals surface area contributed by atoms with Gasteiger partial charge in [-0.25, -0.2) is 8.42 Å². The van der Waals surface area contributed by atoms with Crippen molar-refractivity contribution in [3.05, 3.63) is 22.7 Å². The minimum absolute atomic E-state index is 0.0684. The van der Waals surface area contributed by atoms with Gasteiger partial charge >= 0.3 is 0 Å². The summed E-state index contributed by atoms with van der Waals surface area (Å²) in [5.74, 6) is 0.398. The first-order chi connectivity index (χ1) is 9.78. The maximum atomic E-state index is 12.2. The number of anilines is 1. The van der Waals surface area contributed by atoms with E-state index in [1.54, 1.807) is 18.0 Å². The second kappa shape index (κ2) is 6.58. The molecule has 21 heavy (non-hydrogen) atoms. The minimum Gasteiger partial charge on any atom is -0.398 e. The van der Waals surface area contributed by atoms with Crippen LogP contribution in [0.3, 0.4) is 0 Å². The van der Waals surface area contributed by atoms with E-state index in [-0.39, 0.29) is 29.2 Å². The van der Waals surface area contributed by atoms with Crippen LogP contribution < -0.4 is 5.73 Å². The van der Waals surface area contributed by atoms with Crippen LogP contribution in [-0.2, 0) is 14.6 Å². The first kappa shape index (κ1) is 16.6. The molecule has 1 aliphatic heterocycles. The van der Waals surface area contributed by atoms with Crippen LogP contribution >= 0.6 is 27.7 Å². The van der Waals surface area contributed by atoms with Gasteiger partial charge in [0.2, 0.25) is 5.91 Å². The van der Waals surface area contributed by atoms with Gasteiger partial charge in [-0.05, 0) is 24.6 Å². The summed E-state index contributed by atoms with van der Waals surface area (Å²) in [5.41, 5.74) is 6.49. The van der Waals surface area contributed by atoms with Gasteiger partial charge in [-0.1, -0.05) is 15.9 Å². The molecule has 5 nitrogen and oxygen atoms in total. The fraction of sp³-hybridized carbons (Fsp3) is 0.462. The van der Waals surface area contributed by atoms with Gasteiger partial charge in [0, 0.05) is 28.1 Å². The molecule has 0 radical (unpaired) electrons. The van der Waals surface area contributed by atoms with Crippen molar-refractivity contribution in [3.63, 3.8) is 0 Å². The third-order valence-electron chi connectivity index (χ3n) is 3.48. The first-order valence-corrected chi connectivity index (χ1v) is 10.0. The number of sulfone groups is 1. The number of nitrogen functional groups attached to an aromatic ring is 1. The molecule has 2 N–H and O–H groups in total. The van der Waals surface area contributed by atoms with Crippen molar-refractivity contribution in [1.29, 1.82) is 0 Å². The number of halogens is 1. The largest absolute Gasteiger partial charge is 0.398 e. The zero-order valence-electron chi connectivity index (χ0n) is 11.6. The Hall–Kier alpha value is -0.730. The lowest BCUT2D eigenvalue weighted by Crippen LogP contribution is -2.38. The Labute approximate surface area is 137 Å². The van der Waals surface area contributed by atoms with Gasteiger partial charge in [0.15, 0.2) is 9.84 Å². The average Bonchev–Trinajstić information content (AvgIpc) is 2.79. The normalized spacial score (nSPS) is 20.4. The number of nitrogens with zero attached hydrogens (tertiary/aromatic N) is 1. The van der Waals surface area contributed by atoms with Gasteiger partial charge in [0.1, 0.15) is 0 Å². The second-order valence-corrected chi connectivity index (χ2v) is 9.19. The quantitative estimate of drug-likeness (QED) is 0.623. The van der Waals surface area contributed by atoms with Gasteiger partial charge in [0.25, 0.3) is 0 Å². The van der Waals surface area contributed by atoms with Gasteiger partial charge < -0.3 is 10.6 Å². The Kier molecular flexibility index (Phi) is 5.21. The molecular formula is C13H17BrN2O3S2. The molecule has 0 aromatic heterocycles. The number of hydrogen-bond donors (Lipinski definition) is 1. The molecule has 0 saturated carbocycles. The molecule has 1 aromatic carbocycles. The van der Waals surface area contributed by atoms with Crippen LogP contribution in [0.2, 0.25) is 0 Å². The van der Waals surface area contributed by atoms with E-state index in [1.807, 2.05) is 12.1 Å². The topological polar surface area (TPSA) is 80.5 Å². The summed E-state index contributed by atoms with van der Waals surface area (Å²) in [6.45, 7) is 0. The number of thioether (sulfide) groups is 1. The van der Waals surface area contributed by atoms with Crippen molar-refractivity contribution in [1.82, 2.24) is 4.90 Å². The van der Waals surface area contributed by atoms with Crippen LogP contribution in [0.1, 0.15) is 6.42 Å². The fourth-order valence-corrected chi connectivity index (χ4v) is 5.37. The Morgan fingerprint density at radius 3 is 2.86 bits per heavy atom. The zero-order valence-corrected chi connectivity index (χ0v) is 14.8. The summed E-state index contributed by atoms with van der Waals surface area (Å²) in [7, 11) is -1.31. The minimum atomic E-state index is -2.98. The third-order valence-corrected chi connectivity index (χ3v) is 6.78. The van der Waals surface area contributed by atoms with E-state index in [4.69, 9.17) is 5.73 Å². The standard InChI is InChI=1S/C13H17BrN2O3S2/c1-16(10-4-5-21(18,19)8-10)13(17)7-20-12-6-9(14)2-3-11(12)15/h2-3,6,10H,4-5,7-8,15H2,1H3. The molecule has 0 aliphatic carbocycles. The fourth-order valence-electron chi connectivity index (χ4n) is 2.16. The molecule has 1 atom stereocenters. The smallest absolute Gasteiger partial charge is 0.232 e. The van der Waals surface area contributed by atoms with E-state index in [1.165, 1.54) is 11.8 Å². The van der Waals surface area contributed by atoms with E-state index in [0.29, 0.717) is 12.1 Å². The maximum absolute atomic E-state index is 12.2. The Morgan fingerprint density at radius 2 is 2.24 bits per heavy atom. The Morgan fingerprint density at radius 1 is 1.52 bits per heavy atom. The molecule has 1 unspecified atom stereocenters. The number of carbonyl (C=O) groups excluding carboxylic acids is 1. The van der Waals surface area contributed by atoms with E-state index in [0.717, 1.165) is 9.37 Å². The van der Waals surface area contributed by atoms with Crippen LogP contribution in [0.15, 0.2) is 27.6 Å². The highest BCUT2D eigenvalue weighted by atomic mass is 79.9. The Bertz CT molecular complexity index is 649. The van der Waals surface area contributed by atoms with Gasteiger partial charge in [-0.15, -0.1) is 11.8 Å². The molecule has 1 aromatic rings. The molecule has 8 heteroatoms. The number of carbonyl (C=O) groups is 1. The lowest BCUT2D eigenvalue weighted by Gasteiger charge is -2.23. The monoisotopic (exact) mass is 392 g/mol. The van der Waals surface area contributed by atoms with E-state index in [9.17, 15) is 13.2 Å². The Balaban J connectivity index is 1.94. The van der Waals surface area contributed by atoms with Crippen LogP contribution in [0, 0.1) is 0 Å². The lowest BCUT2D eigenvalue weighted by molar-refractivity contribution is -0.128. The number of rotatable bonds is 4. The van der Waals surface area contributed by atoms with E-state index in [2.05, 4.69) is 15.9 Å². The summed E-state index contributed by atoms with van der Waals surface area (Å²) in [6.07, 6.45) is 0.522. The maximum Gasteiger partial charge on any atom is 0.232 e. The predicted molar refractivity (Wildman–Crippen MR) is 89.1 cm³/mol. The molecule has 2 rings (SSSR count). The molecule has 1 amide bonds. The lowest BCUT2D eigenvalue weighted by atomic mass is 10.2. The predicted octanol–water partition coefficient (Wildman–Crippen LogP) is 1.77. The number of benzene rings is 1. The van der Waals surface area contributed by atoms with Crippen molar-refractivity contribution >= 4 is 49.1 Å². The highest BCUT2D eigenvalue weighted by Gasteiger charge is 2.32. The van der Waals surface area contributed by atoms with Gasteiger partial charge in [-0.2, -0.15) is 0 Å². The summed E-state index contributed by atoms with van der Waals surface area (Å²) in [6, 6.07) is 5.29. The average molecular weight is 393 g/mol. The van der Waals surface area contributed by atoms with E-state index < -0.39 is 9.84 Å². The van der Waals surface area contributed by atoms with Crippen LogP contribution in [0.4, 0.5) is 5.69 Å². The molecule has 116 valence electrons. The van der Waals surface area contributed by atoms with Crippen LogP contribution in [0.5, 0.6) is 0 Å². The summed E-state index contributed by atoms with van der Waals surface area (Å²) < 4.78 is 23.8. The SMILES string of the molecule is CN(C(=O)CSc1cc(Br)ccc1N)C1CCS(=O)(=O)C1. The molecule has 0 bridgehead atoms. The molecule has 1 fully saturated rings. The van der Waals surface area contributed by atoms with Crippen LogP contribution in [0.25, 0.3) is 0 Å². The number of nitrogens with two attached hydrogens (primary N) is 1. The second-order valence-electron chi connectivity index (χ2n) is 5.03. The zero-order chi connectivity index (χ0) is 15.6. The van der Waals surface area contributed by atoms with Crippen molar-refractivity contribution in [2.24, 2.45) is 0 Å². The van der Waals surface area contributed by atoms with Crippen molar-refractivity contribution in [2.75, 3.05) is 30.0 Å². The number of hydrogen-bond acceptors (Lipinski definition) is 5.